The lowest BCUT2D eigenvalue weighted by Gasteiger charge is -2.21. The SMILES string of the molecule is CCNC(CSC(C)CC)Cc1c(C)cccc1C. The van der Waals surface area contributed by atoms with Crippen LogP contribution in [0.5, 0.6) is 0 Å². The predicted octanol–water partition coefficient (Wildman–Crippen LogP) is 4.36. The van der Waals surface area contributed by atoms with Crippen molar-refractivity contribution in [1.82, 2.24) is 5.32 Å². The Balaban J connectivity index is 2.67. The van der Waals surface area contributed by atoms with Crippen LogP contribution >= 0.6 is 11.8 Å². The summed E-state index contributed by atoms with van der Waals surface area (Å²) in [6.07, 6.45) is 2.41. The van der Waals surface area contributed by atoms with Gasteiger partial charge < -0.3 is 5.32 Å². The molecule has 2 heteroatoms. The monoisotopic (exact) mass is 279 g/mol. The third kappa shape index (κ3) is 5.58. The Morgan fingerprint density at radius 1 is 1.16 bits per heavy atom. The number of aryl methyl sites for hydroxylation is 2. The maximum absolute atomic E-state index is 3.64. The fraction of sp³-hybridized carbons (Fsp3) is 0.647. The van der Waals surface area contributed by atoms with Gasteiger partial charge in [0.15, 0.2) is 0 Å². The molecule has 0 saturated carbocycles. The third-order valence-corrected chi connectivity index (χ3v) is 5.24. The third-order valence-electron chi connectivity index (χ3n) is 3.74. The van der Waals surface area contributed by atoms with Gasteiger partial charge in [-0.3, -0.25) is 0 Å². The standard InChI is InChI=1S/C17H29NS/c1-6-15(5)19-12-16(18-7-2)11-17-13(3)9-8-10-14(17)4/h8-10,15-16,18H,6-7,11-12H2,1-5H3. The first-order valence-electron chi connectivity index (χ1n) is 7.48. The van der Waals surface area contributed by atoms with Crippen molar-refractivity contribution in [3.63, 3.8) is 0 Å². The number of hydrogen-bond donors (Lipinski definition) is 1. The Hall–Kier alpha value is -0.470. The van der Waals surface area contributed by atoms with Crippen LogP contribution in [0.2, 0.25) is 0 Å². The molecule has 0 amide bonds. The van der Waals surface area contributed by atoms with Gasteiger partial charge in [0, 0.05) is 17.0 Å². The van der Waals surface area contributed by atoms with E-state index in [0.717, 1.165) is 18.2 Å². The normalized spacial score (nSPS) is 14.4. The second-order valence-corrected chi connectivity index (χ2v) is 6.85. The maximum atomic E-state index is 3.64. The van der Waals surface area contributed by atoms with Crippen molar-refractivity contribution in [3.05, 3.63) is 34.9 Å². The zero-order chi connectivity index (χ0) is 14.3. The lowest BCUT2D eigenvalue weighted by atomic mass is 9.97. The van der Waals surface area contributed by atoms with Crippen molar-refractivity contribution in [3.8, 4) is 0 Å². The molecule has 1 rings (SSSR count). The summed E-state index contributed by atoms with van der Waals surface area (Å²) < 4.78 is 0. The quantitative estimate of drug-likeness (QED) is 0.759. The number of nitrogens with one attached hydrogen (secondary N) is 1. The number of likely N-dealkylation sites (N-methyl/N-ethyl adjacent to an activating group) is 1. The summed E-state index contributed by atoms with van der Waals surface area (Å²) in [6, 6.07) is 7.20. The first-order valence-corrected chi connectivity index (χ1v) is 8.53. The van der Waals surface area contributed by atoms with E-state index in [-0.39, 0.29) is 0 Å². The van der Waals surface area contributed by atoms with Gasteiger partial charge in [0.25, 0.3) is 0 Å². The molecule has 108 valence electrons. The van der Waals surface area contributed by atoms with Gasteiger partial charge in [-0.05, 0) is 49.9 Å². The molecule has 0 heterocycles. The summed E-state index contributed by atoms with van der Waals surface area (Å²) in [4.78, 5) is 0. The largest absolute Gasteiger partial charge is 0.313 e. The van der Waals surface area contributed by atoms with Crippen LogP contribution in [0.3, 0.4) is 0 Å². The van der Waals surface area contributed by atoms with Gasteiger partial charge in [0.05, 0.1) is 0 Å². The highest BCUT2D eigenvalue weighted by Gasteiger charge is 2.13. The van der Waals surface area contributed by atoms with Gasteiger partial charge in [0.1, 0.15) is 0 Å². The Morgan fingerprint density at radius 3 is 2.32 bits per heavy atom. The predicted molar refractivity (Wildman–Crippen MR) is 89.3 cm³/mol. The first kappa shape index (κ1) is 16.6. The van der Waals surface area contributed by atoms with Crippen LogP contribution in [0.25, 0.3) is 0 Å². The molecule has 1 aromatic rings. The molecule has 0 aliphatic carbocycles. The van der Waals surface area contributed by atoms with E-state index >= 15 is 0 Å². The minimum atomic E-state index is 0.587. The van der Waals surface area contributed by atoms with E-state index in [2.05, 4.69) is 69.9 Å². The van der Waals surface area contributed by atoms with Crippen molar-refractivity contribution in [1.29, 1.82) is 0 Å². The van der Waals surface area contributed by atoms with Gasteiger partial charge in [-0.25, -0.2) is 0 Å². The van der Waals surface area contributed by atoms with E-state index in [9.17, 15) is 0 Å². The zero-order valence-corrected chi connectivity index (χ0v) is 13.9. The van der Waals surface area contributed by atoms with Crippen LogP contribution in [-0.2, 0) is 6.42 Å². The van der Waals surface area contributed by atoms with E-state index < -0.39 is 0 Å². The number of hydrogen-bond acceptors (Lipinski definition) is 2. The Labute approximate surface area is 123 Å². The summed E-state index contributed by atoms with van der Waals surface area (Å²) >= 11 is 2.09. The molecule has 2 atom stereocenters. The summed E-state index contributed by atoms with van der Waals surface area (Å²) in [5.41, 5.74) is 4.38. The summed E-state index contributed by atoms with van der Waals surface area (Å²) in [7, 11) is 0. The Bertz CT molecular complexity index is 355. The molecule has 0 aromatic heterocycles. The first-order chi connectivity index (χ1) is 9.08. The van der Waals surface area contributed by atoms with Crippen LogP contribution < -0.4 is 5.32 Å². The van der Waals surface area contributed by atoms with Crippen LogP contribution in [-0.4, -0.2) is 23.6 Å². The molecule has 1 aromatic carbocycles. The van der Waals surface area contributed by atoms with E-state index in [1.54, 1.807) is 0 Å². The molecule has 1 N–H and O–H groups in total. The fourth-order valence-corrected chi connectivity index (χ4v) is 3.33. The minimum Gasteiger partial charge on any atom is -0.313 e. The molecule has 0 aliphatic rings. The topological polar surface area (TPSA) is 12.0 Å². The second kappa shape index (κ2) is 8.65. The number of rotatable bonds is 8. The summed E-state index contributed by atoms with van der Waals surface area (Å²) in [6.45, 7) is 12.3. The molecule has 0 aliphatic heterocycles. The smallest absolute Gasteiger partial charge is 0.0198 e. The zero-order valence-electron chi connectivity index (χ0n) is 13.1. The molecule has 2 unspecified atom stereocenters. The Kier molecular flexibility index (Phi) is 7.55. The molecular formula is C17H29NS. The number of benzene rings is 1. The highest BCUT2D eigenvalue weighted by Crippen LogP contribution is 2.20. The summed E-state index contributed by atoms with van der Waals surface area (Å²) in [5.74, 6) is 1.20. The maximum Gasteiger partial charge on any atom is 0.0198 e. The number of thioether (sulfide) groups is 1. The van der Waals surface area contributed by atoms with Crippen LogP contribution in [0.15, 0.2) is 18.2 Å². The van der Waals surface area contributed by atoms with Crippen LogP contribution in [0, 0.1) is 13.8 Å². The van der Waals surface area contributed by atoms with Crippen molar-refractivity contribution in [2.75, 3.05) is 12.3 Å². The lowest BCUT2D eigenvalue weighted by molar-refractivity contribution is 0.569. The van der Waals surface area contributed by atoms with Crippen molar-refractivity contribution < 1.29 is 0 Å². The molecule has 0 spiro atoms. The molecule has 1 nitrogen and oxygen atoms in total. The molecule has 0 fully saturated rings. The molecule has 19 heavy (non-hydrogen) atoms. The van der Waals surface area contributed by atoms with Gasteiger partial charge in [-0.1, -0.05) is 39.0 Å². The molecule has 0 saturated heterocycles. The highest BCUT2D eigenvalue weighted by molar-refractivity contribution is 7.99. The van der Waals surface area contributed by atoms with Crippen molar-refractivity contribution in [2.24, 2.45) is 0 Å². The van der Waals surface area contributed by atoms with Gasteiger partial charge >= 0.3 is 0 Å². The lowest BCUT2D eigenvalue weighted by Crippen LogP contribution is -2.34. The minimum absolute atomic E-state index is 0.587. The van der Waals surface area contributed by atoms with Gasteiger partial charge in [0.2, 0.25) is 0 Å². The van der Waals surface area contributed by atoms with Crippen molar-refractivity contribution >= 4 is 11.8 Å². The second-order valence-electron chi connectivity index (χ2n) is 5.38. The Morgan fingerprint density at radius 2 is 1.79 bits per heavy atom. The van der Waals surface area contributed by atoms with Crippen LogP contribution in [0.4, 0.5) is 0 Å². The molecule has 0 radical (unpaired) electrons. The van der Waals surface area contributed by atoms with Gasteiger partial charge in [-0.2, -0.15) is 11.8 Å². The van der Waals surface area contributed by atoms with E-state index in [1.165, 1.54) is 28.9 Å². The van der Waals surface area contributed by atoms with E-state index in [1.807, 2.05) is 0 Å². The van der Waals surface area contributed by atoms with Gasteiger partial charge in [-0.15, -0.1) is 0 Å². The summed E-state index contributed by atoms with van der Waals surface area (Å²) in [5, 5.41) is 4.41. The molecule has 0 bridgehead atoms. The van der Waals surface area contributed by atoms with E-state index in [4.69, 9.17) is 0 Å². The molecular weight excluding hydrogens is 250 g/mol. The van der Waals surface area contributed by atoms with E-state index in [0.29, 0.717) is 6.04 Å². The van der Waals surface area contributed by atoms with Crippen LogP contribution in [0.1, 0.15) is 43.9 Å². The average Bonchev–Trinajstić information content (AvgIpc) is 2.39. The average molecular weight is 279 g/mol. The van der Waals surface area contributed by atoms with Crippen molar-refractivity contribution in [2.45, 2.75) is 58.8 Å². The fourth-order valence-electron chi connectivity index (χ4n) is 2.29. The highest BCUT2D eigenvalue weighted by atomic mass is 32.2.